The van der Waals surface area contributed by atoms with Crippen molar-refractivity contribution in [1.29, 1.82) is 0 Å². The zero-order valence-corrected chi connectivity index (χ0v) is 12.6. The summed E-state index contributed by atoms with van der Waals surface area (Å²) in [5.41, 5.74) is 6.29. The second-order valence-electron chi connectivity index (χ2n) is 5.41. The highest BCUT2D eigenvalue weighted by molar-refractivity contribution is 5.94. The number of carbonyl (C=O) groups is 2. The molecule has 0 spiro atoms. The molecule has 2 amide bonds. The molecular weight excluding hydrogens is 296 g/mol. The van der Waals surface area contributed by atoms with Gasteiger partial charge in [0.05, 0.1) is 23.5 Å². The monoisotopic (exact) mass is 314 g/mol. The van der Waals surface area contributed by atoms with Gasteiger partial charge in [0.15, 0.2) is 6.61 Å². The van der Waals surface area contributed by atoms with Gasteiger partial charge in [0.1, 0.15) is 5.75 Å². The van der Waals surface area contributed by atoms with Gasteiger partial charge in [0.25, 0.3) is 11.8 Å². The molecule has 7 nitrogen and oxygen atoms in total. The van der Waals surface area contributed by atoms with Gasteiger partial charge in [-0.25, -0.2) is 0 Å². The maximum atomic E-state index is 12.5. The smallest absolute Gasteiger partial charge is 0.261 e. The minimum Gasteiger partial charge on any atom is -0.484 e. The number of para-hydroxylation sites is 1. The number of nitrogens with one attached hydrogen (secondary N) is 1. The van der Waals surface area contributed by atoms with E-state index >= 15 is 0 Å². The Labute approximate surface area is 133 Å². The van der Waals surface area contributed by atoms with E-state index in [2.05, 4.69) is 10.2 Å². The van der Waals surface area contributed by atoms with Crippen molar-refractivity contribution in [1.82, 2.24) is 15.1 Å². The van der Waals surface area contributed by atoms with Crippen LogP contribution in [0.3, 0.4) is 0 Å². The quantitative estimate of drug-likeness (QED) is 0.867. The summed E-state index contributed by atoms with van der Waals surface area (Å²) < 4.78 is 5.51. The Hall–Kier alpha value is -2.83. The van der Waals surface area contributed by atoms with Crippen LogP contribution >= 0.6 is 0 Å². The van der Waals surface area contributed by atoms with Crippen LogP contribution in [0.25, 0.3) is 0 Å². The number of benzene rings is 1. The third kappa shape index (κ3) is 3.18. The normalized spacial score (nSPS) is 17.2. The number of nitrogens with two attached hydrogens (primary N) is 1. The number of hydrogen-bond acceptors (Lipinski definition) is 4. The fourth-order valence-electron chi connectivity index (χ4n) is 2.86. The van der Waals surface area contributed by atoms with Gasteiger partial charge in [-0.05, 0) is 25.0 Å². The third-order valence-corrected chi connectivity index (χ3v) is 3.95. The van der Waals surface area contributed by atoms with E-state index in [-0.39, 0.29) is 18.6 Å². The van der Waals surface area contributed by atoms with Crippen molar-refractivity contribution < 1.29 is 14.3 Å². The highest BCUT2D eigenvalue weighted by atomic mass is 16.5. The summed E-state index contributed by atoms with van der Waals surface area (Å²) in [5, 5.41) is 6.68. The number of ether oxygens (including phenoxy) is 1. The number of aromatic nitrogens is 2. The number of hydrogen-bond donors (Lipinski definition) is 2. The first-order valence-corrected chi connectivity index (χ1v) is 7.47. The number of rotatable bonds is 5. The Morgan fingerprint density at radius 3 is 2.87 bits per heavy atom. The summed E-state index contributed by atoms with van der Waals surface area (Å²) in [6, 6.07) is 8.97. The van der Waals surface area contributed by atoms with Crippen molar-refractivity contribution in [2.24, 2.45) is 5.73 Å². The number of primary amides is 1. The van der Waals surface area contributed by atoms with E-state index < -0.39 is 5.91 Å². The Bertz CT molecular complexity index is 698. The summed E-state index contributed by atoms with van der Waals surface area (Å²) in [4.78, 5) is 25.6. The Morgan fingerprint density at radius 2 is 2.13 bits per heavy atom. The molecule has 0 aliphatic carbocycles. The van der Waals surface area contributed by atoms with Gasteiger partial charge in [-0.3, -0.25) is 14.7 Å². The Morgan fingerprint density at radius 1 is 1.35 bits per heavy atom. The molecule has 1 atom stereocenters. The van der Waals surface area contributed by atoms with Gasteiger partial charge < -0.3 is 15.4 Å². The van der Waals surface area contributed by atoms with Crippen molar-refractivity contribution >= 4 is 11.8 Å². The maximum Gasteiger partial charge on any atom is 0.261 e. The topological polar surface area (TPSA) is 101 Å². The highest BCUT2D eigenvalue weighted by Crippen LogP contribution is 2.32. The van der Waals surface area contributed by atoms with E-state index in [1.54, 1.807) is 17.0 Å². The van der Waals surface area contributed by atoms with Gasteiger partial charge in [-0.15, -0.1) is 0 Å². The second-order valence-corrected chi connectivity index (χ2v) is 5.41. The number of H-pyrrole nitrogens is 1. The molecule has 1 aromatic carbocycles. The Kier molecular flexibility index (Phi) is 4.27. The number of nitrogens with zero attached hydrogens (tertiary/aromatic N) is 2. The zero-order valence-electron chi connectivity index (χ0n) is 12.6. The predicted octanol–water partition coefficient (Wildman–Crippen LogP) is 1.25. The lowest BCUT2D eigenvalue weighted by molar-refractivity contribution is -0.134. The van der Waals surface area contributed by atoms with E-state index in [9.17, 15) is 9.59 Å². The van der Waals surface area contributed by atoms with Gasteiger partial charge in [0, 0.05) is 6.54 Å². The SMILES string of the molecule is NC(=O)c1cn[nH]c1[C@H]1CCCN1C(=O)COc1ccccc1. The molecule has 0 unspecified atom stereocenters. The first-order valence-electron chi connectivity index (χ1n) is 7.47. The molecule has 3 rings (SSSR count). The molecule has 1 aliphatic rings. The highest BCUT2D eigenvalue weighted by Gasteiger charge is 2.33. The molecule has 3 N–H and O–H groups in total. The van der Waals surface area contributed by atoms with Crippen molar-refractivity contribution in [3.8, 4) is 5.75 Å². The van der Waals surface area contributed by atoms with Gasteiger partial charge >= 0.3 is 0 Å². The van der Waals surface area contributed by atoms with Crippen LogP contribution < -0.4 is 10.5 Å². The molecular formula is C16H18N4O3. The van der Waals surface area contributed by atoms with E-state index in [4.69, 9.17) is 10.5 Å². The molecule has 0 saturated carbocycles. The third-order valence-electron chi connectivity index (χ3n) is 3.95. The maximum absolute atomic E-state index is 12.5. The molecule has 1 aromatic heterocycles. The van der Waals surface area contributed by atoms with Crippen LogP contribution in [0, 0.1) is 0 Å². The molecule has 2 aromatic rings. The predicted molar refractivity (Wildman–Crippen MR) is 82.7 cm³/mol. The van der Waals surface area contributed by atoms with E-state index in [1.807, 2.05) is 18.2 Å². The zero-order chi connectivity index (χ0) is 16.2. The average Bonchev–Trinajstić information content (AvgIpc) is 3.21. The van der Waals surface area contributed by atoms with Crippen LogP contribution in [-0.2, 0) is 4.79 Å². The molecule has 1 saturated heterocycles. The minimum absolute atomic E-state index is 0.0411. The molecule has 1 aliphatic heterocycles. The molecule has 23 heavy (non-hydrogen) atoms. The standard InChI is InChI=1S/C16H18N4O3/c17-16(22)12-9-18-19-15(12)13-7-4-8-20(13)14(21)10-23-11-5-2-1-3-6-11/h1-3,5-6,9,13H,4,7-8,10H2,(H2,17,22)(H,18,19)/t13-/m1/s1. The number of aromatic amines is 1. The van der Waals surface area contributed by atoms with E-state index in [0.29, 0.717) is 23.6 Å². The van der Waals surface area contributed by atoms with Crippen LogP contribution in [0.1, 0.15) is 34.9 Å². The lowest BCUT2D eigenvalue weighted by Crippen LogP contribution is -2.35. The molecule has 2 heterocycles. The van der Waals surface area contributed by atoms with Gasteiger partial charge in [-0.2, -0.15) is 5.10 Å². The summed E-state index contributed by atoms with van der Waals surface area (Å²) in [7, 11) is 0. The van der Waals surface area contributed by atoms with Crippen LogP contribution in [-0.4, -0.2) is 40.1 Å². The van der Waals surface area contributed by atoms with Crippen molar-refractivity contribution in [2.45, 2.75) is 18.9 Å². The van der Waals surface area contributed by atoms with E-state index in [0.717, 1.165) is 12.8 Å². The Balaban J connectivity index is 1.70. The van der Waals surface area contributed by atoms with E-state index in [1.165, 1.54) is 6.20 Å². The number of carbonyl (C=O) groups excluding carboxylic acids is 2. The van der Waals surface area contributed by atoms with Crippen LogP contribution in [0.2, 0.25) is 0 Å². The molecule has 120 valence electrons. The van der Waals surface area contributed by atoms with Gasteiger partial charge in [0.2, 0.25) is 0 Å². The minimum atomic E-state index is -0.548. The fraction of sp³-hybridized carbons (Fsp3) is 0.312. The van der Waals surface area contributed by atoms with Crippen LogP contribution in [0.15, 0.2) is 36.5 Å². The average molecular weight is 314 g/mol. The lowest BCUT2D eigenvalue weighted by Gasteiger charge is -2.24. The molecule has 0 radical (unpaired) electrons. The largest absolute Gasteiger partial charge is 0.484 e. The first-order chi connectivity index (χ1) is 11.2. The van der Waals surface area contributed by atoms with Crippen molar-refractivity contribution in [3.63, 3.8) is 0 Å². The van der Waals surface area contributed by atoms with Crippen molar-refractivity contribution in [2.75, 3.05) is 13.2 Å². The fourth-order valence-corrected chi connectivity index (χ4v) is 2.86. The summed E-state index contributed by atoms with van der Waals surface area (Å²) in [6.45, 7) is 0.583. The first kappa shape index (κ1) is 15.1. The number of likely N-dealkylation sites (tertiary alicyclic amines) is 1. The molecule has 0 bridgehead atoms. The second kappa shape index (κ2) is 6.51. The lowest BCUT2D eigenvalue weighted by atomic mass is 10.1. The summed E-state index contributed by atoms with van der Waals surface area (Å²) >= 11 is 0. The van der Waals surface area contributed by atoms with Crippen LogP contribution in [0.4, 0.5) is 0 Å². The molecule has 7 heteroatoms. The molecule has 1 fully saturated rings. The summed E-state index contributed by atoms with van der Waals surface area (Å²) in [5.74, 6) is -0.0223. The summed E-state index contributed by atoms with van der Waals surface area (Å²) in [6.07, 6.45) is 3.03. The number of amides is 2. The van der Waals surface area contributed by atoms with Crippen LogP contribution in [0.5, 0.6) is 5.75 Å². The van der Waals surface area contributed by atoms with Gasteiger partial charge in [-0.1, -0.05) is 18.2 Å². The van der Waals surface area contributed by atoms with Crippen molar-refractivity contribution in [3.05, 3.63) is 47.8 Å².